The average Bonchev–Trinajstić information content (AvgIpc) is 3.24. The normalized spacial score (nSPS) is 11.5. The highest BCUT2D eigenvalue weighted by molar-refractivity contribution is 6.33. The van der Waals surface area contributed by atoms with Gasteiger partial charge in [-0.1, -0.05) is 175 Å². The van der Waals surface area contributed by atoms with E-state index < -0.39 is 0 Å². The SMILES string of the molecule is Cc1ccc(-c2nc3cc(-c4ccc(-c5nc(-c6ccccc6)cc(-c6ccccc6)n5)cc4)ccc3c3c4ccccc4c4ccccc4c23)cc1. The number of rotatable bonds is 5. The fourth-order valence-corrected chi connectivity index (χ4v) is 7.68. The van der Waals surface area contributed by atoms with Crippen LogP contribution in [0.4, 0.5) is 0 Å². The second-order valence-corrected chi connectivity index (χ2v) is 13.7. The lowest BCUT2D eigenvalue weighted by Crippen LogP contribution is -1.96. The topological polar surface area (TPSA) is 38.7 Å². The van der Waals surface area contributed by atoms with Crippen LogP contribution in [0.3, 0.4) is 0 Å². The smallest absolute Gasteiger partial charge is 0.160 e. The van der Waals surface area contributed by atoms with Crippen LogP contribution in [0.15, 0.2) is 182 Å². The van der Waals surface area contributed by atoms with Gasteiger partial charge in [-0.05, 0) is 51.7 Å². The third-order valence-corrected chi connectivity index (χ3v) is 10.3. The molecule has 3 heteroatoms. The maximum absolute atomic E-state index is 5.47. The van der Waals surface area contributed by atoms with E-state index in [1.165, 1.54) is 37.9 Å². The molecule has 0 aliphatic heterocycles. The molecular weight excluding hydrogens is 643 g/mol. The van der Waals surface area contributed by atoms with Crippen molar-refractivity contribution < 1.29 is 0 Å². The van der Waals surface area contributed by atoms with E-state index in [4.69, 9.17) is 15.0 Å². The molecule has 0 saturated carbocycles. The Bertz CT molecular complexity index is 2910. The minimum absolute atomic E-state index is 0.699. The van der Waals surface area contributed by atoms with E-state index in [-0.39, 0.29) is 0 Å². The lowest BCUT2D eigenvalue weighted by Gasteiger charge is -2.17. The highest BCUT2D eigenvalue weighted by Crippen LogP contribution is 2.43. The molecule has 0 aliphatic rings. The third-order valence-electron chi connectivity index (χ3n) is 10.3. The molecule has 3 nitrogen and oxygen atoms in total. The fraction of sp³-hybridized carbons (Fsp3) is 0.0200. The molecule has 0 amide bonds. The largest absolute Gasteiger partial charge is 0.247 e. The zero-order valence-electron chi connectivity index (χ0n) is 29.2. The predicted octanol–water partition coefficient (Wildman–Crippen LogP) is 13.1. The summed E-state index contributed by atoms with van der Waals surface area (Å²) >= 11 is 0. The maximum atomic E-state index is 5.47. The van der Waals surface area contributed by atoms with Crippen LogP contribution in [0, 0.1) is 6.92 Å². The van der Waals surface area contributed by atoms with Crippen molar-refractivity contribution >= 4 is 43.2 Å². The van der Waals surface area contributed by atoms with Crippen molar-refractivity contribution in [2.24, 2.45) is 0 Å². The number of nitrogens with zero attached hydrogens (tertiary/aromatic N) is 3. The van der Waals surface area contributed by atoms with Crippen LogP contribution in [-0.4, -0.2) is 15.0 Å². The van der Waals surface area contributed by atoms with E-state index in [0.717, 1.165) is 61.4 Å². The molecule has 2 heterocycles. The number of hydrogen-bond acceptors (Lipinski definition) is 3. The van der Waals surface area contributed by atoms with E-state index in [1.807, 2.05) is 36.4 Å². The van der Waals surface area contributed by atoms with Gasteiger partial charge in [-0.3, -0.25) is 0 Å². The molecule has 248 valence electrons. The first-order valence-corrected chi connectivity index (χ1v) is 18.0. The zero-order valence-corrected chi connectivity index (χ0v) is 29.2. The number of benzene rings is 8. The van der Waals surface area contributed by atoms with Gasteiger partial charge in [0, 0.05) is 38.4 Å². The minimum Gasteiger partial charge on any atom is -0.247 e. The fourth-order valence-electron chi connectivity index (χ4n) is 7.68. The van der Waals surface area contributed by atoms with E-state index >= 15 is 0 Å². The van der Waals surface area contributed by atoms with Crippen LogP contribution in [0.5, 0.6) is 0 Å². The maximum Gasteiger partial charge on any atom is 0.160 e. The minimum atomic E-state index is 0.699. The Labute approximate surface area is 307 Å². The summed E-state index contributed by atoms with van der Waals surface area (Å²) in [5.41, 5.74) is 11.4. The zero-order chi connectivity index (χ0) is 35.3. The number of hydrogen-bond donors (Lipinski definition) is 0. The predicted molar refractivity (Wildman–Crippen MR) is 222 cm³/mol. The third kappa shape index (κ3) is 5.42. The van der Waals surface area contributed by atoms with Crippen LogP contribution < -0.4 is 0 Å². The van der Waals surface area contributed by atoms with Crippen molar-refractivity contribution in [1.82, 2.24) is 15.0 Å². The van der Waals surface area contributed by atoms with Gasteiger partial charge in [0.2, 0.25) is 0 Å². The monoisotopic (exact) mass is 675 g/mol. The van der Waals surface area contributed by atoms with Crippen LogP contribution in [0.1, 0.15) is 5.56 Å². The molecule has 8 aromatic carbocycles. The van der Waals surface area contributed by atoms with Crippen LogP contribution >= 0.6 is 0 Å². The average molecular weight is 676 g/mol. The lowest BCUT2D eigenvalue weighted by atomic mass is 9.89. The summed E-state index contributed by atoms with van der Waals surface area (Å²) in [5.74, 6) is 0.699. The van der Waals surface area contributed by atoms with Crippen molar-refractivity contribution in [3.05, 3.63) is 188 Å². The van der Waals surface area contributed by atoms with Gasteiger partial charge in [0.25, 0.3) is 0 Å². The molecule has 0 aliphatic carbocycles. The molecular formula is C50H33N3. The van der Waals surface area contributed by atoms with Crippen LogP contribution in [-0.2, 0) is 0 Å². The molecule has 0 unspecified atom stereocenters. The molecule has 0 saturated heterocycles. The summed E-state index contributed by atoms with van der Waals surface area (Å²) in [7, 11) is 0. The van der Waals surface area contributed by atoms with Crippen molar-refractivity contribution in [3.8, 4) is 56.3 Å². The first-order chi connectivity index (χ1) is 26.2. The van der Waals surface area contributed by atoms with Crippen LogP contribution in [0.25, 0.3) is 99.5 Å². The Balaban J connectivity index is 1.13. The Hall–Kier alpha value is -6.97. The first-order valence-electron chi connectivity index (χ1n) is 18.0. The Kier molecular flexibility index (Phi) is 7.36. The summed E-state index contributed by atoms with van der Waals surface area (Å²) in [4.78, 5) is 15.6. The summed E-state index contributed by atoms with van der Waals surface area (Å²) in [5, 5.41) is 8.55. The molecule has 0 N–H and O–H groups in total. The van der Waals surface area contributed by atoms with Gasteiger partial charge < -0.3 is 0 Å². The molecule has 0 atom stereocenters. The van der Waals surface area contributed by atoms with Gasteiger partial charge in [-0.25, -0.2) is 15.0 Å². The summed E-state index contributed by atoms with van der Waals surface area (Å²) in [6.07, 6.45) is 0. The lowest BCUT2D eigenvalue weighted by molar-refractivity contribution is 1.18. The van der Waals surface area contributed by atoms with Gasteiger partial charge >= 0.3 is 0 Å². The number of pyridine rings is 1. The van der Waals surface area contributed by atoms with Gasteiger partial charge in [0.05, 0.1) is 22.6 Å². The Morgan fingerprint density at radius 1 is 0.321 bits per heavy atom. The van der Waals surface area contributed by atoms with Gasteiger partial charge in [0.1, 0.15) is 0 Å². The molecule has 10 rings (SSSR count). The second-order valence-electron chi connectivity index (χ2n) is 13.7. The molecule has 0 bridgehead atoms. The highest BCUT2D eigenvalue weighted by Gasteiger charge is 2.18. The summed E-state index contributed by atoms with van der Waals surface area (Å²) in [6.45, 7) is 2.13. The molecule has 10 aromatic rings. The molecule has 0 radical (unpaired) electrons. The van der Waals surface area contributed by atoms with Gasteiger partial charge in [-0.15, -0.1) is 0 Å². The highest BCUT2D eigenvalue weighted by atomic mass is 14.9. The van der Waals surface area contributed by atoms with E-state index in [2.05, 4.69) is 153 Å². The van der Waals surface area contributed by atoms with E-state index in [0.29, 0.717) is 5.82 Å². The molecule has 0 spiro atoms. The number of aromatic nitrogens is 3. The Morgan fingerprint density at radius 3 is 1.42 bits per heavy atom. The van der Waals surface area contributed by atoms with Crippen LogP contribution in [0.2, 0.25) is 0 Å². The molecule has 0 fully saturated rings. The second kappa shape index (κ2) is 12.7. The number of aryl methyl sites for hydroxylation is 1. The summed E-state index contributed by atoms with van der Waals surface area (Å²) < 4.78 is 0. The number of fused-ring (bicyclic) bond motifs is 8. The van der Waals surface area contributed by atoms with Crippen molar-refractivity contribution in [1.29, 1.82) is 0 Å². The van der Waals surface area contributed by atoms with Crippen molar-refractivity contribution in [2.45, 2.75) is 6.92 Å². The van der Waals surface area contributed by atoms with Gasteiger partial charge in [-0.2, -0.15) is 0 Å². The van der Waals surface area contributed by atoms with E-state index in [1.54, 1.807) is 0 Å². The summed E-state index contributed by atoms with van der Waals surface area (Å²) in [6, 6.07) is 64.3. The van der Waals surface area contributed by atoms with Crippen molar-refractivity contribution in [2.75, 3.05) is 0 Å². The molecule has 2 aromatic heterocycles. The van der Waals surface area contributed by atoms with Crippen molar-refractivity contribution in [3.63, 3.8) is 0 Å². The first kappa shape index (κ1) is 30.8. The quantitative estimate of drug-likeness (QED) is 0.170. The molecule has 53 heavy (non-hydrogen) atoms. The Morgan fingerprint density at radius 2 is 0.811 bits per heavy atom. The van der Waals surface area contributed by atoms with Gasteiger partial charge in [0.15, 0.2) is 5.82 Å². The standard InChI is InChI=1S/C50H33N3/c1-32-20-22-36(23-21-32)49-48-42-19-11-9-17-40(42)39-16-8-10-18-41(39)47(48)43-29-28-38(30-46(43)51-49)33-24-26-37(27-25-33)50-52-44(34-12-4-2-5-13-34)31-45(53-50)35-14-6-3-7-15-35/h2-31H,1H3. The van der Waals surface area contributed by atoms with E-state index in [9.17, 15) is 0 Å².